The molecule has 0 aliphatic carbocycles. The van der Waals surface area contributed by atoms with Gasteiger partial charge >= 0.3 is 12.2 Å². The molecule has 0 fully saturated rings. The quantitative estimate of drug-likeness (QED) is 0.326. The monoisotopic (exact) mass is 650 g/mol. The Labute approximate surface area is 268 Å². The van der Waals surface area contributed by atoms with Gasteiger partial charge in [-0.3, -0.25) is 9.59 Å². The van der Waals surface area contributed by atoms with Crippen molar-refractivity contribution in [3.63, 3.8) is 0 Å². The van der Waals surface area contributed by atoms with Crippen LogP contribution in [-0.4, -0.2) is 90.5 Å². The highest BCUT2D eigenvalue weighted by atomic mass is 19.4. The Morgan fingerprint density at radius 3 is 2.48 bits per heavy atom. The van der Waals surface area contributed by atoms with Gasteiger partial charge < -0.3 is 35.0 Å². The van der Waals surface area contributed by atoms with E-state index in [1.807, 2.05) is 32.0 Å². The fraction of sp³-hybridized carbons (Fsp3) is 0.545. The largest absolute Gasteiger partial charge is 0.490 e. The number of ether oxygens (including phenoxy) is 2. The van der Waals surface area contributed by atoms with E-state index in [0.29, 0.717) is 18.7 Å². The molecule has 2 aromatic rings. The molecule has 4 atom stereocenters. The van der Waals surface area contributed by atoms with Gasteiger partial charge in [0.05, 0.1) is 36.8 Å². The Balaban J connectivity index is 1.88. The number of carbonyl (C=O) groups is 3. The second-order valence-corrected chi connectivity index (χ2v) is 11.9. The van der Waals surface area contributed by atoms with E-state index in [0.717, 1.165) is 12.8 Å². The maximum absolute atomic E-state index is 14.2. The van der Waals surface area contributed by atoms with Gasteiger partial charge in [-0.15, -0.1) is 0 Å². The molecule has 1 heterocycles. The summed E-state index contributed by atoms with van der Waals surface area (Å²) in [4.78, 5) is 42.4. The molecule has 1 aliphatic heterocycles. The van der Waals surface area contributed by atoms with Gasteiger partial charge in [0.25, 0.3) is 5.91 Å². The van der Waals surface area contributed by atoms with Crippen molar-refractivity contribution < 1.29 is 42.1 Å². The van der Waals surface area contributed by atoms with Crippen molar-refractivity contribution in [2.24, 2.45) is 5.92 Å². The Bertz CT molecular complexity index is 1300. The normalized spacial score (nSPS) is 20.5. The minimum Gasteiger partial charge on any atom is -0.490 e. The van der Waals surface area contributed by atoms with Crippen molar-refractivity contribution in [1.82, 2.24) is 9.80 Å². The number of benzene rings is 2. The second-order valence-electron chi connectivity index (χ2n) is 11.9. The van der Waals surface area contributed by atoms with E-state index in [2.05, 4.69) is 10.6 Å². The number of rotatable bonds is 8. The zero-order chi connectivity index (χ0) is 33.9. The number of aliphatic hydroxyl groups is 1. The van der Waals surface area contributed by atoms with Crippen LogP contribution in [0.25, 0.3) is 0 Å². The number of halogens is 3. The third-order valence-corrected chi connectivity index (χ3v) is 7.80. The highest BCUT2D eigenvalue weighted by Gasteiger charge is 2.31. The van der Waals surface area contributed by atoms with Crippen LogP contribution in [0.1, 0.15) is 63.2 Å². The lowest BCUT2D eigenvalue weighted by Gasteiger charge is -2.35. The maximum atomic E-state index is 14.2. The first-order valence-electron chi connectivity index (χ1n) is 15.5. The van der Waals surface area contributed by atoms with Crippen LogP contribution in [0.4, 0.5) is 29.3 Å². The van der Waals surface area contributed by atoms with E-state index < -0.39 is 43.0 Å². The van der Waals surface area contributed by atoms with Crippen molar-refractivity contribution in [3.05, 3.63) is 54.1 Å². The standard InChI is InChI=1S/C33H45F3N4O6/c1-22-19-40(23(2)21-41)31(43)27-18-26(37-30(42)15-16-33(34,35)36)13-14-28(27)46-24(3)10-8-9-17-45-29(22)20-39(4)32(44)38-25-11-6-5-7-12-25/h5-7,11-14,18,22-24,29,41H,8-10,15-17,19-21H2,1-4H3,(H,37,42)(H,38,44)/t22-,23+,24+,29-/m0/s1. The van der Waals surface area contributed by atoms with Crippen molar-refractivity contribution >= 4 is 29.2 Å². The number of para-hydroxylation sites is 1. The first-order valence-corrected chi connectivity index (χ1v) is 15.5. The van der Waals surface area contributed by atoms with Crippen LogP contribution in [-0.2, 0) is 9.53 Å². The maximum Gasteiger partial charge on any atom is 0.389 e. The number of nitrogens with zero attached hydrogens (tertiary/aromatic N) is 2. The summed E-state index contributed by atoms with van der Waals surface area (Å²) in [6, 6.07) is 12.5. The van der Waals surface area contributed by atoms with Gasteiger partial charge in [0.2, 0.25) is 5.91 Å². The Hall–Kier alpha value is -3.84. The molecule has 3 rings (SSSR count). The first kappa shape index (κ1) is 36.6. The molecule has 13 heteroatoms. The summed E-state index contributed by atoms with van der Waals surface area (Å²) in [6.45, 7) is 5.94. The molecule has 0 spiro atoms. The second kappa shape index (κ2) is 17.2. The van der Waals surface area contributed by atoms with Crippen LogP contribution < -0.4 is 15.4 Å². The number of aliphatic hydroxyl groups excluding tert-OH is 1. The summed E-state index contributed by atoms with van der Waals surface area (Å²) < 4.78 is 50.4. The van der Waals surface area contributed by atoms with Gasteiger partial charge in [-0.1, -0.05) is 25.1 Å². The van der Waals surface area contributed by atoms with Crippen LogP contribution in [0.5, 0.6) is 5.75 Å². The first-order chi connectivity index (χ1) is 21.8. The number of nitrogens with one attached hydrogen (secondary N) is 2. The zero-order valence-corrected chi connectivity index (χ0v) is 26.8. The SMILES string of the molecule is C[C@@H]1CCCCO[C@@H](CN(C)C(=O)Nc2ccccc2)[C@@H](C)CN([C@H](C)CO)C(=O)c2cc(NC(=O)CCC(F)(F)F)ccc2O1. The van der Waals surface area contributed by atoms with E-state index in [-0.39, 0.29) is 54.7 Å². The summed E-state index contributed by atoms with van der Waals surface area (Å²) in [5.74, 6) is -1.36. The highest BCUT2D eigenvalue weighted by Crippen LogP contribution is 2.29. The summed E-state index contributed by atoms with van der Waals surface area (Å²) in [5, 5.41) is 15.4. The molecule has 3 N–H and O–H groups in total. The highest BCUT2D eigenvalue weighted by molar-refractivity contribution is 5.99. The molecule has 10 nitrogen and oxygen atoms in total. The molecule has 4 amide bonds. The van der Waals surface area contributed by atoms with Gasteiger partial charge in [-0.2, -0.15) is 13.2 Å². The summed E-state index contributed by atoms with van der Waals surface area (Å²) >= 11 is 0. The molecule has 0 radical (unpaired) electrons. The molecule has 46 heavy (non-hydrogen) atoms. The minimum absolute atomic E-state index is 0.0989. The number of hydrogen-bond donors (Lipinski definition) is 3. The lowest BCUT2D eigenvalue weighted by molar-refractivity contribution is -0.142. The molecule has 254 valence electrons. The Kier molecular flexibility index (Phi) is 13.7. The average Bonchev–Trinajstić information content (AvgIpc) is 3.01. The molecule has 0 saturated heterocycles. The van der Waals surface area contributed by atoms with E-state index in [9.17, 15) is 32.7 Å². The molecular formula is C33H45F3N4O6. The number of alkyl halides is 3. The molecule has 0 aromatic heterocycles. The molecule has 2 aromatic carbocycles. The van der Waals surface area contributed by atoms with Gasteiger partial charge in [-0.25, -0.2) is 4.79 Å². The van der Waals surface area contributed by atoms with Gasteiger partial charge in [0.15, 0.2) is 0 Å². The number of fused-ring (bicyclic) bond motifs is 1. The average molecular weight is 651 g/mol. The topological polar surface area (TPSA) is 120 Å². The van der Waals surface area contributed by atoms with E-state index >= 15 is 0 Å². The van der Waals surface area contributed by atoms with Gasteiger partial charge in [0, 0.05) is 50.5 Å². The third kappa shape index (κ3) is 11.5. The number of likely N-dealkylation sites (N-methyl/N-ethyl adjacent to an activating group) is 1. The van der Waals surface area contributed by atoms with Gasteiger partial charge in [0.1, 0.15) is 5.75 Å². The number of amides is 4. The van der Waals surface area contributed by atoms with Crippen molar-refractivity contribution in [2.75, 3.05) is 44.0 Å². The van der Waals surface area contributed by atoms with Crippen LogP contribution in [0, 0.1) is 5.92 Å². The number of hydrogen-bond acceptors (Lipinski definition) is 6. The predicted octanol–water partition coefficient (Wildman–Crippen LogP) is 5.93. The molecule has 1 aliphatic rings. The van der Waals surface area contributed by atoms with E-state index in [1.54, 1.807) is 26.1 Å². The van der Waals surface area contributed by atoms with Crippen LogP contribution >= 0.6 is 0 Å². The Morgan fingerprint density at radius 1 is 1.09 bits per heavy atom. The van der Waals surface area contributed by atoms with Crippen molar-refractivity contribution in [2.45, 2.75) is 77.3 Å². The van der Waals surface area contributed by atoms with E-state index in [4.69, 9.17) is 9.47 Å². The van der Waals surface area contributed by atoms with Crippen molar-refractivity contribution in [3.8, 4) is 5.75 Å². The number of carbonyl (C=O) groups excluding carboxylic acids is 3. The summed E-state index contributed by atoms with van der Waals surface area (Å²) in [5.41, 5.74) is 0.897. The summed E-state index contributed by atoms with van der Waals surface area (Å²) in [7, 11) is 1.67. The smallest absolute Gasteiger partial charge is 0.389 e. The van der Waals surface area contributed by atoms with Crippen LogP contribution in [0.2, 0.25) is 0 Å². The number of urea groups is 1. The van der Waals surface area contributed by atoms with Crippen LogP contribution in [0.15, 0.2) is 48.5 Å². The fourth-order valence-corrected chi connectivity index (χ4v) is 5.03. The van der Waals surface area contributed by atoms with E-state index in [1.165, 1.54) is 28.0 Å². The Morgan fingerprint density at radius 2 is 1.80 bits per heavy atom. The third-order valence-electron chi connectivity index (χ3n) is 7.80. The fourth-order valence-electron chi connectivity index (χ4n) is 5.03. The molecule has 0 bridgehead atoms. The van der Waals surface area contributed by atoms with Gasteiger partial charge in [-0.05, 0) is 63.4 Å². The number of anilines is 2. The lowest BCUT2D eigenvalue weighted by atomic mass is 10.0. The molecule has 0 saturated carbocycles. The predicted molar refractivity (Wildman–Crippen MR) is 169 cm³/mol. The summed E-state index contributed by atoms with van der Waals surface area (Å²) in [6.07, 6.45) is -5.07. The molecular weight excluding hydrogens is 605 g/mol. The minimum atomic E-state index is -4.48. The van der Waals surface area contributed by atoms with Crippen molar-refractivity contribution in [1.29, 1.82) is 0 Å². The zero-order valence-electron chi connectivity index (χ0n) is 26.8. The molecule has 0 unspecified atom stereocenters. The lowest BCUT2D eigenvalue weighted by Crippen LogP contribution is -2.48. The van der Waals surface area contributed by atoms with Crippen LogP contribution in [0.3, 0.4) is 0 Å².